The lowest BCUT2D eigenvalue weighted by Gasteiger charge is -2.36. The lowest BCUT2D eigenvalue weighted by molar-refractivity contribution is 0.171. The molecule has 5 heterocycles. The standard InChI is InChI=1S/C28H42BrN5O5Si.C22H28BrN5O5.C8H8Br2O.C8H9BrO.C4H8O.CH2Cl2/c1-8-32-25(36)23-24(33(27(32)37)14-15-39-40(6,7)28(2,3)4)31-26(30-20-10-9-11-21(20)35)34(23)17-18-12-13-22(38-5)19(29)16-18;1-3-26-20(31)18-19(27(9-10-29)22(26)32)25-21(24-15-5-4-6-16(15)30)28(18)12-13-7-8-17(33-2)14(23)11-13;1-11-8-3-2-6(5-9)4-7(8)10;1-6-3-4-8(10-2)7(9)5-6;1-2-4-5-3-1;2-1-3/h12-13,16,20-21,35H,8-11,14-15,17H2,1-7H3,(H,30,31);7-8,11,15-16,29-30H,3-6,9-10,12H2,1-2H3,(H,24,25);2-4H,5H2,1H3;3-5H,1-2H3;1-4H2;1H2/t20-,21-;15-,16-;;;;/m11..../s1. The van der Waals surface area contributed by atoms with E-state index < -0.39 is 37.5 Å². The van der Waals surface area contributed by atoms with Crippen molar-refractivity contribution in [2.24, 2.45) is 0 Å². The molecule has 11 rings (SSSR count). The van der Waals surface area contributed by atoms with Crippen molar-refractivity contribution in [3.8, 4) is 23.0 Å². The first-order valence-electron chi connectivity index (χ1n) is 33.8. The molecule has 562 valence electrons. The Labute approximate surface area is 649 Å². The predicted octanol–water partition coefficient (Wildman–Crippen LogP) is 14.4. The van der Waals surface area contributed by atoms with E-state index in [-0.39, 0.29) is 72.0 Å². The van der Waals surface area contributed by atoms with Crippen molar-refractivity contribution in [2.45, 2.75) is 180 Å². The molecule has 31 heteroatoms. The second kappa shape index (κ2) is 41.2. The number of hydrogen-bond donors (Lipinski definition) is 5. The van der Waals surface area contributed by atoms with E-state index in [1.54, 1.807) is 51.4 Å². The molecule has 0 amide bonds. The quantitative estimate of drug-likeness (QED) is 0.0331. The molecule has 5 N–H and O–H groups in total. The highest BCUT2D eigenvalue weighted by molar-refractivity contribution is 9.11. The van der Waals surface area contributed by atoms with Crippen LogP contribution < -0.4 is 52.1 Å². The largest absolute Gasteiger partial charge is 0.496 e. The Balaban J connectivity index is 0.000000232. The summed E-state index contributed by atoms with van der Waals surface area (Å²) in [6, 6.07) is 23.0. The second-order valence-corrected chi connectivity index (χ2v) is 35.4. The van der Waals surface area contributed by atoms with E-state index in [1.807, 2.05) is 84.3 Å². The molecule has 3 aliphatic rings. The van der Waals surface area contributed by atoms with Gasteiger partial charge in [0.2, 0.25) is 11.9 Å². The number of rotatable bonds is 21. The SMILES string of the molecule is C1CCOC1.CCn1c(=O)c2c(nc(N[C@@H]3CCC[C@H]3O)n2Cc2ccc(OC)c(Br)c2)n(CCO)c1=O.CCn1c(=O)c2c(nc(N[C@@H]3CCC[C@H]3O)n2Cc2ccc(OC)c(Br)c2)n(CCO[Si](C)(C)C(C)(C)C)c1=O.COc1ccc(C)cc1Br.COc1ccc(CBr)cc1Br.ClCCl. The molecule has 4 atom stereocenters. The molecule has 3 fully saturated rings. The zero-order chi connectivity index (χ0) is 75.2. The van der Waals surface area contributed by atoms with E-state index in [0.717, 1.165) is 89.3 Å². The molecule has 0 radical (unpaired) electrons. The number of methoxy groups -OCH3 is 4. The number of aliphatic hydroxyl groups excluding tert-OH is 3. The van der Waals surface area contributed by atoms with Crippen molar-refractivity contribution in [3.05, 3.63) is 155 Å². The Morgan fingerprint density at radius 1 is 0.578 bits per heavy atom. The van der Waals surface area contributed by atoms with Gasteiger partial charge in [-0.3, -0.25) is 37.0 Å². The number of aliphatic hydroxyl groups is 3. The average molecular weight is 1800 g/mol. The first-order valence-corrected chi connectivity index (χ1v) is 42.0. The highest BCUT2D eigenvalue weighted by atomic mass is 79.9. The maximum absolute atomic E-state index is 13.7. The summed E-state index contributed by atoms with van der Waals surface area (Å²) in [5.74, 6) is 4.00. The van der Waals surface area contributed by atoms with Gasteiger partial charge >= 0.3 is 11.4 Å². The van der Waals surface area contributed by atoms with Gasteiger partial charge in [0, 0.05) is 31.6 Å². The molecule has 1 saturated heterocycles. The molecule has 23 nitrogen and oxygen atoms in total. The van der Waals surface area contributed by atoms with Crippen LogP contribution in [0.2, 0.25) is 18.1 Å². The summed E-state index contributed by atoms with van der Waals surface area (Å²) in [5.41, 5.74) is 3.69. The normalized spacial score (nSPS) is 16.3. The van der Waals surface area contributed by atoms with Crippen molar-refractivity contribution in [1.82, 2.24) is 37.4 Å². The molecular formula is C71H97Br5Cl2N10O13Si. The van der Waals surface area contributed by atoms with E-state index in [4.69, 9.17) is 56.3 Å². The summed E-state index contributed by atoms with van der Waals surface area (Å²) in [4.78, 5) is 63.0. The van der Waals surface area contributed by atoms with E-state index in [1.165, 1.54) is 33.1 Å². The molecule has 102 heavy (non-hydrogen) atoms. The number of aryl methyl sites for hydroxylation is 1. The van der Waals surface area contributed by atoms with Crippen molar-refractivity contribution in [3.63, 3.8) is 0 Å². The topological polar surface area (TPSA) is 264 Å². The van der Waals surface area contributed by atoms with Crippen molar-refractivity contribution >= 4 is 145 Å². The number of halogens is 7. The van der Waals surface area contributed by atoms with Crippen LogP contribution in [-0.2, 0) is 53.8 Å². The third kappa shape index (κ3) is 22.5. The van der Waals surface area contributed by atoms with Crippen LogP contribution in [0.3, 0.4) is 0 Å². The van der Waals surface area contributed by atoms with Crippen molar-refractivity contribution < 1.29 is 43.4 Å². The van der Waals surface area contributed by atoms with Crippen LogP contribution in [0.15, 0.2) is 110 Å². The molecule has 2 aliphatic carbocycles. The van der Waals surface area contributed by atoms with Crippen molar-refractivity contribution in [1.29, 1.82) is 0 Å². The lowest BCUT2D eigenvalue weighted by atomic mass is 10.2. The average Bonchev–Trinajstić information content (AvgIpc) is 1.63. The van der Waals surface area contributed by atoms with Crippen LogP contribution in [-0.4, -0.2) is 146 Å². The Morgan fingerprint density at radius 3 is 1.28 bits per heavy atom. The van der Waals surface area contributed by atoms with Crippen molar-refractivity contribution in [2.75, 3.05) is 70.8 Å². The van der Waals surface area contributed by atoms with Gasteiger partial charge in [-0.2, -0.15) is 9.97 Å². The van der Waals surface area contributed by atoms with Crippen LogP contribution in [0, 0.1) is 6.92 Å². The minimum Gasteiger partial charge on any atom is -0.496 e. The van der Waals surface area contributed by atoms with Gasteiger partial charge in [-0.15, -0.1) is 23.2 Å². The van der Waals surface area contributed by atoms with Crippen LogP contribution in [0.5, 0.6) is 23.0 Å². The van der Waals surface area contributed by atoms with E-state index >= 15 is 0 Å². The monoisotopic (exact) mass is 1790 g/mol. The van der Waals surface area contributed by atoms with E-state index in [9.17, 15) is 34.5 Å². The van der Waals surface area contributed by atoms with Gasteiger partial charge in [-0.05, 0) is 225 Å². The summed E-state index contributed by atoms with van der Waals surface area (Å²) < 4.78 is 44.6. The summed E-state index contributed by atoms with van der Waals surface area (Å²) in [5, 5.41) is 38.2. The fourth-order valence-electron chi connectivity index (χ4n) is 11.4. The predicted molar refractivity (Wildman–Crippen MR) is 428 cm³/mol. The number of alkyl halides is 3. The molecule has 0 unspecified atom stereocenters. The lowest BCUT2D eigenvalue weighted by Crippen LogP contribution is -2.43. The Bertz CT molecular complexity index is 4280. The maximum atomic E-state index is 13.7. The summed E-state index contributed by atoms with van der Waals surface area (Å²) in [6.45, 7) is 19.9. The van der Waals surface area contributed by atoms with E-state index in [0.29, 0.717) is 67.1 Å². The summed E-state index contributed by atoms with van der Waals surface area (Å²) in [7, 11) is 4.48. The Hall–Kier alpha value is -5.02. The number of nitrogens with zero attached hydrogens (tertiary/aromatic N) is 8. The maximum Gasteiger partial charge on any atom is 0.332 e. The molecular weight excluding hydrogens is 1700 g/mol. The first-order chi connectivity index (χ1) is 48.6. The van der Waals surface area contributed by atoms with Gasteiger partial charge in [0.25, 0.3) is 11.1 Å². The Kier molecular flexibility index (Phi) is 34.7. The zero-order valence-electron chi connectivity index (χ0n) is 60.0. The Morgan fingerprint density at radius 2 is 0.961 bits per heavy atom. The second-order valence-electron chi connectivity index (χ2n) is 25.8. The van der Waals surface area contributed by atoms with Gasteiger partial charge < -0.3 is 54.1 Å². The fourth-order valence-corrected chi connectivity index (χ4v) is 15.2. The molecule has 8 aromatic rings. The van der Waals surface area contributed by atoms with Gasteiger partial charge in [-0.1, -0.05) is 61.0 Å². The molecule has 0 bridgehead atoms. The number of aromatic nitrogens is 8. The van der Waals surface area contributed by atoms with Crippen LogP contribution in [0.4, 0.5) is 11.9 Å². The molecule has 1 aliphatic heterocycles. The van der Waals surface area contributed by atoms with E-state index in [2.05, 4.69) is 129 Å². The zero-order valence-corrected chi connectivity index (χ0v) is 70.5. The number of imidazole rings is 2. The third-order valence-electron chi connectivity index (χ3n) is 18.0. The highest BCUT2D eigenvalue weighted by Gasteiger charge is 2.37. The van der Waals surface area contributed by atoms with Crippen LogP contribution >= 0.6 is 103 Å². The molecule has 2 saturated carbocycles. The smallest absolute Gasteiger partial charge is 0.332 e. The number of hydrogen-bond acceptors (Lipinski definition) is 17. The molecule has 0 spiro atoms. The molecule has 4 aromatic carbocycles. The number of nitrogens with one attached hydrogen (secondary N) is 2. The van der Waals surface area contributed by atoms with Gasteiger partial charge in [0.15, 0.2) is 30.6 Å². The van der Waals surface area contributed by atoms with Gasteiger partial charge in [0.05, 0.1) is 115 Å². The van der Waals surface area contributed by atoms with Crippen LogP contribution in [0.1, 0.15) is 108 Å². The highest BCUT2D eigenvalue weighted by Crippen LogP contribution is 2.37. The van der Waals surface area contributed by atoms with Crippen LogP contribution in [0.25, 0.3) is 22.3 Å². The minimum atomic E-state index is -2.04. The summed E-state index contributed by atoms with van der Waals surface area (Å²) in [6.07, 6.45) is 6.32. The van der Waals surface area contributed by atoms with Gasteiger partial charge in [-0.25, -0.2) is 9.59 Å². The fraction of sp³-hybridized carbons (Fsp3) is 0.521. The first kappa shape index (κ1) is 85.9. The van der Waals surface area contributed by atoms with Gasteiger partial charge in [0.1, 0.15) is 23.0 Å². The minimum absolute atomic E-state index is 0.0200. The third-order valence-corrected chi connectivity index (χ3v) is 25.6. The number of benzene rings is 4. The molecule has 4 aromatic heterocycles. The number of fused-ring (bicyclic) bond motifs is 2. The number of anilines is 2. The number of ether oxygens (including phenoxy) is 5. The summed E-state index contributed by atoms with van der Waals surface area (Å²) >= 11 is 26.7.